The van der Waals surface area contributed by atoms with E-state index >= 15 is 0 Å². The predicted molar refractivity (Wildman–Crippen MR) is 46.8 cm³/mol. The highest BCUT2D eigenvalue weighted by molar-refractivity contribution is 5.18. The summed E-state index contributed by atoms with van der Waals surface area (Å²) in [6.07, 6.45) is 0.823. The van der Waals surface area contributed by atoms with Crippen molar-refractivity contribution in [3.05, 3.63) is 22.8 Å². The molecule has 0 bridgehead atoms. The van der Waals surface area contributed by atoms with Crippen molar-refractivity contribution in [1.29, 1.82) is 0 Å². The van der Waals surface area contributed by atoms with Crippen molar-refractivity contribution in [2.24, 2.45) is 0 Å². The number of aliphatic hydroxyl groups is 1. The Morgan fingerprint density at radius 3 is 2.00 bits per heavy atom. The minimum absolute atomic E-state index is 0.0166. The van der Waals surface area contributed by atoms with Crippen LogP contribution in [-0.4, -0.2) is 15.1 Å². The fraction of sp³-hybridized carbons (Fsp3) is 0.556. The molecule has 0 aromatic carbocycles. The van der Waals surface area contributed by atoms with Crippen LogP contribution in [0.2, 0.25) is 0 Å². The van der Waals surface area contributed by atoms with Gasteiger partial charge < -0.3 is 5.11 Å². The normalized spacial score (nSPS) is 10.3. The molecule has 1 N–H and O–H groups in total. The van der Waals surface area contributed by atoms with Crippen LogP contribution in [0.5, 0.6) is 0 Å². The number of hydrogen-bond donors (Lipinski definition) is 1. The van der Waals surface area contributed by atoms with Crippen LogP contribution in [0.1, 0.15) is 29.7 Å². The maximum absolute atomic E-state index is 8.96. The molecule has 0 unspecified atom stereocenters. The average Bonchev–Trinajstić information content (AvgIpc) is 2.09. The SMILES string of the molecule is CCc1nc(C)c(C)nc1CO. The number of nitrogens with zero attached hydrogens (tertiary/aromatic N) is 2. The molecule has 1 aromatic rings. The lowest BCUT2D eigenvalue weighted by Crippen LogP contribution is -2.04. The van der Waals surface area contributed by atoms with E-state index in [1.54, 1.807) is 0 Å². The van der Waals surface area contributed by atoms with Crippen LogP contribution in [-0.2, 0) is 13.0 Å². The first-order chi connectivity index (χ1) is 5.69. The van der Waals surface area contributed by atoms with Crippen LogP contribution >= 0.6 is 0 Å². The Labute approximate surface area is 72.5 Å². The molecule has 1 rings (SSSR count). The second-order valence-electron chi connectivity index (χ2n) is 2.80. The van der Waals surface area contributed by atoms with E-state index in [-0.39, 0.29) is 6.61 Å². The van der Waals surface area contributed by atoms with E-state index in [9.17, 15) is 0 Å². The summed E-state index contributed by atoms with van der Waals surface area (Å²) in [5, 5.41) is 8.96. The van der Waals surface area contributed by atoms with Crippen molar-refractivity contribution < 1.29 is 5.11 Å². The topological polar surface area (TPSA) is 46.0 Å². The van der Waals surface area contributed by atoms with E-state index in [1.807, 2.05) is 20.8 Å². The fourth-order valence-electron chi connectivity index (χ4n) is 1.11. The molecule has 0 amide bonds. The first-order valence-electron chi connectivity index (χ1n) is 4.12. The second-order valence-corrected chi connectivity index (χ2v) is 2.80. The summed E-state index contributed by atoms with van der Waals surface area (Å²) in [6, 6.07) is 0. The van der Waals surface area contributed by atoms with Gasteiger partial charge >= 0.3 is 0 Å². The van der Waals surface area contributed by atoms with Crippen molar-refractivity contribution in [2.45, 2.75) is 33.8 Å². The lowest BCUT2D eigenvalue weighted by molar-refractivity contribution is 0.274. The lowest BCUT2D eigenvalue weighted by Gasteiger charge is -2.06. The Morgan fingerprint density at radius 1 is 1.08 bits per heavy atom. The molecule has 0 fully saturated rings. The molecule has 0 saturated heterocycles. The van der Waals surface area contributed by atoms with Crippen LogP contribution in [0.4, 0.5) is 0 Å². The van der Waals surface area contributed by atoms with Crippen LogP contribution < -0.4 is 0 Å². The quantitative estimate of drug-likeness (QED) is 0.716. The fourth-order valence-corrected chi connectivity index (χ4v) is 1.11. The van der Waals surface area contributed by atoms with Crippen LogP contribution in [0.15, 0.2) is 0 Å². The van der Waals surface area contributed by atoms with Gasteiger partial charge in [0, 0.05) is 0 Å². The van der Waals surface area contributed by atoms with Gasteiger partial charge in [0.05, 0.1) is 29.4 Å². The summed E-state index contributed by atoms with van der Waals surface area (Å²) in [4.78, 5) is 8.59. The van der Waals surface area contributed by atoms with Crippen molar-refractivity contribution in [1.82, 2.24) is 9.97 Å². The highest BCUT2D eigenvalue weighted by Crippen LogP contribution is 2.08. The summed E-state index contributed by atoms with van der Waals surface area (Å²) in [6.45, 7) is 5.83. The highest BCUT2D eigenvalue weighted by atomic mass is 16.3. The van der Waals surface area contributed by atoms with Crippen LogP contribution in [0.3, 0.4) is 0 Å². The third-order valence-corrected chi connectivity index (χ3v) is 1.95. The lowest BCUT2D eigenvalue weighted by atomic mass is 10.2. The van der Waals surface area contributed by atoms with Crippen LogP contribution in [0.25, 0.3) is 0 Å². The van der Waals surface area contributed by atoms with Gasteiger partial charge in [0.1, 0.15) is 0 Å². The molecule has 0 saturated carbocycles. The van der Waals surface area contributed by atoms with Gasteiger partial charge in [0.15, 0.2) is 0 Å². The highest BCUT2D eigenvalue weighted by Gasteiger charge is 2.05. The molecule has 66 valence electrons. The predicted octanol–water partition coefficient (Wildman–Crippen LogP) is 1.15. The number of aliphatic hydroxyl groups excluding tert-OH is 1. The Hall–Kier alpha value is -0.960. The maximum Gasteiger partial charge on any atom is 0.0876 e. The van der Waals surface area contributed by atoms with Gasteiger partial charge in [-0.2, -0.15) is 0 Å². The first-order valence-corrected chi connectivity index (χ1v) is 4.12. The van der Waals surface area contributed by atoms with Gasteiger partial charge in [-0.25, -0.2) is 0 Å². The minimum atomic E-state index is -0.0166. The molecule has 0 atom stereocenters. The van der Waals surface area contributed by atoms with E-state index < -0.39 is 0 Å². The van der Waals surface area contributed by atoms with Gasteiger partial charge in [-0.3, -0.25) is 9.97 Å². The van der Waals surface area contributed by atoms with Gasteiger partial charge in [-0.1, -0.05) is 6.92 Å². The summed E-state index contributed by atoms with van der Waals surface area (Å²) < 4.78 is 0. The molecule has 0 spiro atoms. The standard InChI is InChI=1S/C9H14N2O/c1-4-8-9(5-12)11-7(3)6(2)10-8/h12H,4-5H2,1-3H3. The molecule has 1 aromatic heterocycles. The Bertz CT molecular complexity index is 255. The van der Waals surface area contributed by atoms with Crippen molar-refractivity contribution >= 4 is 0 Å². The van der Waals surface area contributed by atoms with E-state index in [0.717, 1.165) is 23.5 Å². The summed E-state index contributed by atoms with van der Waals surface area (Å²) in [5.41, 5.74) is 3.46. The molecule has 0 aliphatic rings. The van der Waals surface area contributed by atoms with Crippen molar-refractivity contribution in [2.75, 3.05) is 0 Å². The van der Waals surface area contributed by atoms with E-state index in [1.165, 1.54) is 0 Å². The average molecular weight is 166 g/mol. The Kier molecular flexibility index (Phi) is 2.76. The number of hydrogen-bond acceptors (Lipinski definition) is 3. The summed E-state index contributed by atoms with van der Waals surface area (Å²) >= 11 is 0. The molecule has 0 aliphatic carbocycles. The molecule has 0 aliphatic heterocycles. The number of aryl methyl sites for hydroxylation is 3. The number of aromatic nitrogens is 2. The van der Waals surface area contributed by atoms with Crippen LogP contribution in [0, 0.1) is 13.8 Å². The molecule has 0 radical (unpaired) electrons. The molecule has 12 heavy (non-hydrogen) atoms. The maximum atomic E-state index is 8.96. The molecule has 1 heterocycles. The third kappa shape index (κ3) is 1.61. The molecule has 3 nitrogen and oxygen atoms in total. The molecule has 3 heteroatoms. The zero-order valence-electron chi connectivity index (χ0n) is 7.76. The zero-order valence-corrected chi connectivity index (χ0v) is 7.76. The Morgan fingerprint density at radius 2 is 1.58 bits per heavy atom. The van der Waals surface area contributed by atoms with E-state index in [2.05, 4.69) is 9.97 Å². The molecular formula is C9H14N2O. The Balaban J connectivity index is 3.19. The van der Waals surface area contributed by atoms with Gasteiger partial charge in [0.2, 0.25) is 0 Å². The monoisotopic (exact) mass is 166 g/mol. The van der Waals surface area contributed by atoms with Crippen molar-refractivity contribution in [3.63, 3.8) is 0 Å². The third-order valence-electron chi connectivity index (χ3n) is 1.95. The minimum Gasteiger partial charge on any atom is -0.390 e. The first kappa shape index (κ1) is 9.13. The van der Waals surface area contributed by atoms with Gasteiger partial charge in [-0.05, 0) is 20.3 Å². The second kappa shape index (κ2) is 3.63. The zero-order chi connectivity index (χ0) is 9.14. The largest absolute Gasteiger partial charge is 0.390 e. The van der Waals surface area contributed by atoms with E-state index in [4.69, 9.17) is 5.11 Å². The van der Waals surface area contributed by atoms with Gasteiger partial charge in [-0.15, -0.1) is 0 Å². The van der Waals surface area contributed by atoms with E-state index in [0.29, 0.717) is 5.69 Å². The van der Waals surface area contributed by atoms with Crippen molar-refractivity contribution in [3.8, 4) is 0 Å². The van der Waals surface area contributed by atoms with Gasteiger partial charge in [0.25, 0.3) is 0 Å². The number of rotatable bonds is 2. The molecular weight excluding hydrogens is 152 g/mol. The summed E-state index contributed by atoms with van der Waals surface area (Å²) in [7, 11) is 0. The summed E-state index contributed by atoms with van der Waals surface area (Å²) in [5.74, 6) is 0. The smallest absolute Gasteiger partial charge is 0.0876 e.